The second-order valence-electron chi connectivity index (χ2n) is 6.03. The maximum Gasteiger partial charge on any atom is 0.225 e. The molecule has 128 valence electrons. The Bertz CT molecular complexity index is 669. The minimum absolute atomic E-state index is 0.00157. The monoisotopic (exact) mass is 332 g/mol. The summed E-state index contributed by atoms with van der Waals surface area (Å²) in [5.74, 6) is -1.07. The molecule has 0 spiro atoms. The number of rotatable bonds is 6. The normalized spacial score (nSPS) is 17.0. The number of nitrogens with zero attached hydrogens (tertiary/aromatic N) is 2. The van der Waals surface area contributed by atoms with Gasteiger partial charge in [0.25, 0.3) is 0 Å². The number of benzene rings is 1. The summed E-state index contributed by atoms with van der Waals surface area (Å²) in [5, 5.41) is 14.6. The average molecular weight is 332 g/mol. The highest BCUT2D eigenvalue weighted by molar-refractivity contribution is 5.89. The van der Waals surface area contributed by atoms with E-state index in [0.29, 0.717) is 25.3 Å². The summed E-state index contributed by atoms with van der Waals surface area (Å²) < 4.78 is 13.5. The lowest BCUT2D eigenvalue weighted by molar-refractivity contribution is -0.129. The number of anilines is 1. The quantitative estimate of drug-likeness (QED) is 0.773. The van der Waals surface area contributed by atoms with Crippen LogP contribution in [0.1, 0.15) is 25.8 Å². The summed E-state index contributed by atoms with van der Waals surface area (Å²) in [4.78, 5) is 25.6. The van der Waals surface area contributed by atoms with Crippen LogP contribution in [0.3, 0.4) is 0 Å². The lowest BCUT2D eigenvalue weighted by Crippen LogP contribution is -2.37. The van der Waals surface area contributed by atoms with Gasteiger partial charge in [0.15, 0.2) is 0 Å². The van der Waals surface area contributed by atoms with Crippen LogP contribution in [0.4, 0.5) is 10.1 Å². The molecule has 1 aromatic rings. The SMILES string of the molecule is CC(C)N1CC(C(=O)NCCNc2cccc(F)c2C#N)CC1=O. The number of nitrogens with one attached hydrogen (secondary N) is 2. The van der Waals surface area contributed by atoms with Crippen molar-refractivity contribution in [2.75, 3.05) is 25.0 Å². The zero-order valence-corrected chi connectivity index (χ0v) is 13.8. The van der Waals surface area contributed by atoms with Gasteiger partial charge in [-0.1, -0.05) is 6.07 Å². The van der Waals surface area contributed by atoms with Gasteiger partial charge < -0.3 is 15.5 Å². The maximum atomic E-state index is 13.5. The summed E-state index contributed by atoms with van der Waals surface area (Å²) in [6.45, 7) is 4.98. The van der Waals surface area contributed by atoms with Crippen LogP contribution in [0, 0.1) is 23.1 Å². The Morgan fingerprint density at radius 3 is 2.83 bits per heavy atom. The third kappa shape index (κ3) is 4.02. The van der Waals surface area contributed by atoms with Crippen LogP contribution in [0.25, 0.3) is 0 Å². The van der Waals surface area contributed by atoms with Crippen LogP contribution in [-0.2, 0) is 9.59 Å². The Kier molecular flexibility index (Phi) is 5.74. The van der Waals surface area contributed by atoms with Gasteiger partial charge in [-0.3, -0.25) is 9.59 Å². The van der Waals surface area contributed by atoms with Crippen molar-refractivity contribution in [1.29, 1.82) is 5.26 Å². The van der Waals surface area contributed by atoms with Crippen molar-refractivity contribution in [3.05, 3.63) is 29.6 Å². The Hall–Kier alpha value is -2.62. The van der Waals surface area contributed by atoms with Gasteiger partial charge in [0.05, 0.1) is 11.6 Å². The molecule has 2 rings (SSSR count). The molecule has 7 heteroatoms. The first-order valence-corrected chi connectivity index (χ1v) is 7.93. The smallest absolute Gasteiger partial charge is 0.225 e. The summed E-state index contributed by atoms with van der Waals surface area (Å²) in [6, 6.07) is 6.25. The maximum absolute atomic E-state index is 13.5. The highest BCUT2D eigenvalue weighted by Gasteiger charge is 2.35. The zero-order chi connectivity index (χ0) is 17.7. The molecule has 2 N–H and O–H groups in total. The second-order valence-corrected chi connectivity index (χ2v) is 6.03. The fourth-order valence-corrected chi connectivity index (χ4v) is 2.72. The second kappa shape index (κ2) is 7.77. The third-order valence-corrected chi connectivity index (χ3v) is 4.02. The molecule has 0 aliphatic carbocycles. The van der Waals surface area contributed by atoms with Gasteiger partial charge in [0, 0.05) is 32.1 Å². The van der Waals surface area contributed by atoms with Crippen LogP contribution in [0.2, 0.25) is 0 Å². The molecule has 0 saturated carbocycles. The average Bonchev–Trinajstić information content (AvgIpc) is 2.93. The van der Waals surface area contributed by atoms with Crippen molar-refractivity contribution in [2.45, 2.75) is 26.3 Å². The molecular formula is C17H21FN4O2. The Balaban J connectivity index is 1.79. The van der Waals surface area contributed by atoms with Crippen molar-refractivity contribution in [3.8, 4) is 6.07 Å². The van der Waals surface area contributed by atoms with E-state index < -0.39 is 5.82 Å². The first kappa shape index (κ1) is 17.7. The molecule has 1 aliphatic rings. The number of likely N-dealkylation sites (tertiary alicyclic amines) is 1. The molecular weight excluding hydrogens is 311 g/mol. The van der Waals surface area contributed by atoms with Crippen molar-refractivity contribution in [1.82, 2.24) is 10.2 Å². The zero-order valence-electron chi connectivity index (χ0n) is 13.8. The molecule has 0 aromatic heterocycles. The number of nitriles is 1. The minimum Gasteiger partial charge on any atom is -0.382 e. The first-order chi connectivity index (χ1) is 11.4. The fraction of sp³-hybridized carbons (Fsp3) is 0.471. The van der Waals surface area contributed by atoms with E-state index in [0.717, 1.165) is 0 Å². The van der Waals surface area contributed by atoms with Gasteiger partial charge in [-0.2, -0.15) is 5.26 Å². The largest absolute Gasteiger partial charge is 0.382 e. The van der Waals surface area contributed by atoms with Gasteiger partial charge in [-0.25, -0.2) is 4.39 Å². The Morgan fingerprint density at radius 1 is 1.46 bits per heavy atom. The number of hydrogen-bond donors (Lipinski definition) is 2. The van der Waals surface area contributed by atoms with Crippen LogP contribution < -0.4 is 10.6 Å². The molecule has 1 unspecified atom stereocenters. The first-order valence-electron chi connectivity index (χ1n) is 7.93. The minimum atomic E-state index is -0.579. The Labute approximate surface area is 140 Å². The van der Waals surface area contributed by atoms with Crippen molar-refractivity contribution in [3.63, 3.8) is 0 Å². The molecule has 0 bridgehead atoms. The van der Waals surface area contributed by atoms with Crippen molar-refractivity contribution in [2.24, 2.45) is 5.92 Å². The molecule has 2 amide bonds. The fourth-order valence-electron chi connectivity index (χ4n) is 2.72. The number of halogens is 1. The van der Waals surface area contributed by atoms with Crippen molar-refractivity contribution < 1.29 is 14.0 Å². The van der Waals surface area contributed by atoms with Gasteiger partial charge in [-0.05, 0) is 26.0 Å². The number of carbonyl (C=O) groups is 2. The molecule has 1 saturated heterocycles. The molecule has 6 nitrogen and oxygen atoms in total. The van der Waals surface area contributed by atoms with E-state index >= 15 is 0 Å². The number of hydrogen-bond acceptors (Lipinski definition) is 4. The van der Waals surface area contributed by atoms with Crippen LogP contribution >= 0.6 is 0 Å². The summed E-state index contributed by atoms with van der Waals surface area (Å²) in [7, 11) is 0. The molecule has 1 aliphatic heterocycles. The van der Waals surface area contributed by atoms with E-state index in [2.05, 4.69) is 10.6 Å². The van der Waals surface area contributed by atoms with E-state index in [1.807, 2.05) is 19.9 Å². The van der Waals surface area contributed by atoms with E-state index in [9.17, 15) is 14.0 Å². The van der Waals surface area contributed by atoms with Gasteiger partial charge in [0.1, 0.15) is 17.4 Å². The predicted molar refractivity (Wildman–Crippen MR) is 87.6 cm³/mol. The van der Waals surface area contributed by atoms with Crippen LogP contribution in [0.5, 0.6) is 0 Å². The standard InChI is InChI=1S/C17H21FN4O2/c1-11(2)22-10-12(8-16(22)23)17(24)21-7-6-20-15-5-3-4-14(18)13(15)9-19/h3-5,11-12,20H,6-8,10H2,1-2H3,(H,21,24). The lowest BCUT2D eigenvalue weighted by Gasteiger charge is -2.20. The molecule has 1 atom stereocenters. The van der Waals surface area contributed by atoms with Gasteiger partial charge in [-0.15, -0.1) is 0 Å². The molecule has 1 heterocycles. The number of carbonyl (C=O) groups excluding carboxylic acids is 2. The number of amides is 2. The van der Waals surface area contributed by atoms with E-state index in [1.165, 1.54) is 12.1 Å². The molecule has 1 fully saturated rings. The van der Waals surface area contributed by atoms with Gasteiger partial charge in [0.2, 0.25) is 11.8 Å². The highest BCUT2D eigenvalue weighted by Crippen LogP contribution is 2.20. The van der Waals surface area contributed by atoms with Gasteiger partial charge >= 0.3 is 0 Å². The van der Waals surface area contributed by atoms with E-state index in [4.69, 9.17) is 5.26 Å². The highest BCUT2D eigenvalue weighted by atomic mass is 19.1. The molecule has 0 radical (unpaired) electrons. The lowest BCUT2D eigenvalue weighted by atomic mass is 10.1. The van der Waals surface area contributed by atoms with Crippen LogP contribution in [-0.4, -0.2) is 42.4 Å². The van der Waals surface area contributed by atoms with Crippen molar-refractivity contribution >= 4 is 17.5 Å². The molecule has 24 heavy (non-hydrogen) atoms. The Morgan fingerprint density at radius 2 is 2.21 bits per heavy atom. The van der Waals surface area contributed by atoms with Crippen LogP contribution in [0.15, 0.2) is 18.2 Å². The van der Waals surface area contributed by atoms with E-state index in [1.54, 1.807) is 11.0 Å². The topological polar surface area (TPSA) is 85.2 Å². The summed E-state index contributed by atoms with van der Waals surface area (Å²) in [6.07, 6.45) is 0.236. The molecule has 1 aromatic carbocycles. The van der Waals surface area contributed by atoms with E-state index in [-0.39, 0.29) is 35.8 Å². The summed E-state index contributed by atoms with van der Waals surface area (Å²) >= 11 is 0. The summed E-state index contributed by atoms with van der Waals surface area (Å²) in [5.41, 5.74) is 0.353. The third-order valence-electron chi connectivity index (χ3n) is 4.02. The predicted octanol–water partition coefficient (Wildman–Crippen LogP) is 1.48.